The molecule has 1 aromatic carbocycles. The molecule has 1 aliphatic heterocycles. The first-order valence-electron chi connectivity index (χ1n) is 7.47. The number of thioether (sulfide) groups is 1. The number of amides is 1. The van der Waals surface area contributed by atoms with Crippen molar-refractivity contribution in [3.8, 4) is 0 Å². The molecule has 7 heteroatoms. The Labute approximate surface area is 147 Å². The summed E-state index contributed by atoms with van der Waals surface area (Å²) < 4.78 is 4.61. The van der Waals surface area contributed by atoms with Crippen LogP contribution in [-0.2, 0) is 20.1 Å². The van der Waals surface area contributed by atoms with E-state index in [1.807, 2.05) is 24.3 Å². The number of carbonyl (C=O) groups is 2. The Hall–Kier alpha value is -1.24. The summed E-state index contributed by atoms with van der Waals surface area (Å²) in [6, 6.07) is 7.64. The summed E-state index contributed by atoms with van der Waals surface area (Å²) in [4.78, 5) is 23.3. The summed E-state index contributed by atoms with van der Waals surface area (Å²) in [5.41, 5.74) is 1.87. The molecular formula is C16H23ClN2O3S. The van der Waals surface area contributed by atoms with Gasteiger partial charge in [-0.25, -0.2) is 0 Å². The Morgan fingerprint density at radius 1 is 1.39 bits per heavy atom. The molecule has 23 heavy (non-hydrogen) atoms. The Kier molecular flexibility index (Phi) is 9.06. The quantitative estimate of drug-likeness (QED) is 0.765. The maximum absolute atomic E-state index is 12.2. The smallest absolute Gasteiger partial charge is 0.315 e. The zero-order valence-corrected chi connectivity index (χ0v) is 14.8. The van der Waals surface area contributed by atoms with Crippen LogP contribution in [0, 0.1) is 0 Å². The highest BCUT2D eigenvalue weighted by molar-refractivity contribution is 7.99. The summed E-state index contributed by atoms with van der Waals surface area (Å²) in [6.45, 7) is 0.905. The predicted octanol–water partition coefficient (Wildman–Crippen LogP) is 2.60. The van der Waals surface area contributed by atoms with Crippen molar-refractivity contribution >= 4 is 41.7 Å². The van der Waals surface area contributed by atoms with Gasteiger partial charge in [-0.2, -0.15) is 0 Å². The number of piperidine rings is 1. The lowest BCUT2D eigenvalue weighted by Gasteiger charge is -2.22. The fraction of sp³-hybridized carbons (Fsp3) is 0.500. The molecule has 0 spiro atoms. The van der Waals surface area contributed by atoms with Gasteiger partial charge < -0.3 is 15.4 Å². The van der Waals surface area contributed by atoms with Crippen molar-refractivity contribution in [1.82, 2.24) is 5.32 Å². The molecule has 2 rings (SSSR count). The third-order valence-corrected chi connectivity index (χ3v) is 4.51. The van der Waals surface area contributed by atoms with Crippen LogP contribution in [0.1, 0.15) is 24.8 Å². The van der Waals surface area contributed by atoms with Crippen molar-refractivity contribution < 1.29 is 14.3 Å². The van der Waals surface area contributed by atoms with Crippen LogP contribution in [0.25, 0.3) is 0 Å². The Morgan fingerprint density at radius 2 is 2.22 bits per heavy atom. The molecule has 0 radical (unpaired) electrons. The second-order valence-electron chi connectivity index (χ2n) is 5.26. The molecule has 1 fully saturated rings. The third kappa shape index (κ3) is 6.81. The number of hydrogen-bond acceptors (Lipinski definition) is 5. The maximum atomic E-state index is 12.2. The number of methoxy groups -OCH3 is 1. The molecule has 0 bridgehead atoms. The van der Waals surface area contributed by atoms with Gasteiger partial charge in [-0.1, -0.05) is 18.6 Å². The lowest BCUT2D eigenvalue weighted by Crippen LogP contribution is -2.43. The van der Waals surface area contributed by atoms with Gasteiger partial charge in [0, 0.05) is 11.4 Å². The van der Waals surface area contributed by atoms with E-state index in [4.69, 9.17) is 0 Å². The molecule has 2 N–H and O–H groups in total. The maximum Gasteiger partial charge on any atom is 0.315 e. The van der Waals surface area contributed by atoms with E-state index in [1.54, 1.807) is 0 Å². The van der Waals surface area contributed by atoms with E-state index in [9.17, 15) is 9.59 Å². The molecule has 1 atom stereocenters. The summed E-state index contributed by atoms with van der Waals surface area (Å²) >= 11 is 1.50. The summed E-state index contributed by atoms with van der Waals surface area (Å²) in [6.07, 6.45) is 3.12. The standard InChI is InChI=1S/C16H22N2O3S.ClH/c1-21-15(19)11-22-10-12-5-4-6-13(9-12)18-16(20)14-7-2-3-8-17-14;/h4-6,9,14,17H,2-3,7-8,10-11H2,1H3,(H,18,20);1H. The predicted molar refractivity (Wildman–Crippen MR) is 96.1 cm³/mol. The van der Waals surface area contributed by atoms with E-state index < -0.39 is 0 Å². The van der Waals surface area contributed by atoms with Gasteiger partial charge in [-0.05, 0) is 37.1 Å². The average molecular weight is 359 g/mol. The Balaban J connectivity index is 0.00000264. The number of nitrogens with one attached hydrogen (secondary N) is 2. The van der Waals surface area contributed by atoms with Crippen molar-refractivity contribution in [3.05, 3.63) is 29.8 Å². The number of esters is 1. The summed E-state index contributed by atoms with van der Waals surface area (Å²) in [5.74, 6) is 0.844. The number of carbonyl (C=O) groups excluding carboxylic acids is 2. The van der Waals surface area contributed by atoms with Gasteiger partial charge in [-0.3, -0.25) is 9.59 Å². The molecule has 1 aromatic rings. The molecule has 0 saturated carbocycles. The van der Waals surface area contributed by atoms with Crippen molar-refractivity contribution in [2.75, 3.05) is 24.7 Å². The number of benzene rings is 1. The summed E-state index contributed by atoms with van der Waals surface area (Å²) in [5, 5.41) is 6.20. The Morgan fingerprint density at radius 3 is 2.91 bits per heavy atom. The van der Waals surface area contributed by atoms with Crippen molar-refractivity contribution in [1.29, 1.82) is 0 Å². The summed E-state index contributed by atoms with van der Waals surface area (Å²) in [7, 11) is 1.39. The largest absolute Gasteiger partial charge is 0.468 e. The van der Waals surface area contributed by atoms with Crippen LogP contribution in [0.15, 0.2) is 24.3 Å². The lowest BCUT2D eigenvalue weighted by atomic mass is 10.0. The molecule has 0 aliphatic carbocycles. The molecule has 1 saturated heterocycles. The van der Waals surface area contributed by atoms with Crippen LogP contribution < -0.4 is 10.6 Å². The average Bonchev–Trinajstić information content (AvgIpc) is 2.56. The molecule has 5 nitrogen and oxygen atoms in total. The van der Waals surface area contributed by atoms with Crippen LogP contribution in [0.3, 0.4) is 0 Å². The second-order valence-corrected chi connectivity index (χ2v) is 6.25. The fourth-order valence-electron chi connectivity index (χ4n) is 2.35. The van der Waals surface area contributed by atoms with E-state index in [-0.39, 0.29) is 30.3 Å². The zero-order valence-electron chi connectivity index (χ0n) is 13.2. The first-order chi connectivity index (χ1) is 10.7. The molecular weight excluding hydrogens is 336 g/mol. The SMILES string of the molecule is COC(=O)CSCc1cccc(NC(=O)C2CCCCN2)c1.Cl. The van der Waals surface area contributed by atoms with Crippen LogP contribution in [0.2, 0.25) is 0 Å². The second kappa shape index (κ2) is 10.5. The number of halogens is 1. The molecule has 1 unspecified atom stereocenters. The van der Waals surface area contributed by atoms with Gasteiger partial charge >= 0.3 is 5.97 Å². The lowest BCUT2D eigenvalue weighted by molar-refractivity contribution is -0.137. The van der Waals surface area contributed by atoms with E-state index in [0.29, 0.717) is 11.5 Å². The Bertz CT molecular complexity index is 522. The van der Waals surface area contributed by atoms with Gasteiger partial charge in [0.1, 0.15) is 0 Å². The topological polar surface area (TPSA) is 67.4 Å². The van der Waals surface area contributed by atoms with E-state index in [2.05, 4.69) is 15.4 Å². The molecule has 1 amide bonds. The van der Waals surface area contributed by atoms with Gasteiger partial charge in [-0.15, -0.1) is 24.2 Å². The van der Waals surface area contributed by atoms with Gasteiger partial charge in [0.25, 0.3) is 0 Å². The molecule has 1 heterocycles. The number of ether oxygens (including phenoxy) is 1. The fourth-order valence-corrected chi connectivity index (χ4v) is 3.16. The van der Waals surface area contributed by atoms with E-state index in [1.165, 1.54) is 18.9 Å². The normalized spacial score (nSPS) is 17.0. The highest BCUT2D eigenvalue weighted by Gasteiger charge is 2.20. The number of rotatable bonds is 6. The van der Waals surface area contributed by atoms with E-state index in [0.717, 1.165) is 37.1 Å². The minimum absolute atomic E-state index is 0. The van der Waals surface area contributed by atoms with Crippen molar-refractivity contribution in [2.24, 2.45) is 0 Å². The third-order valence-electron chi connectivity index (χ3n) is 3.54. The number of hydrogen-bond donors (Lipinski definition) is 2. The van der Waals surface area contributed by atoms with Crippen LogP contribution in [0.5, 0.6) is 0 Å². The first-order valence-corrected chi connectivity index (χ1v) is 8.62. The van der Waals surface area contributed by atoms with Gasteiger partial charge in [0.15, 0.2) is 0 Å². The van der Waals surface area contributed by atoms with Crippen LogP contribution in [0.4, 0.5) is 5.69 Å². The minimum atomic E-state index is -0.224. The molecule has 1 aliphatic rings. The van der Waals surface area contributed by atoms with Crippen LogP contribution in [-0.4, -0.2) is 37.3 Å². The molecule has 0 aromatic heterocycles. The highest BCUT2D eigenvalue weighted by Crippen LogP contribution is 2.17. The van der Waals surface area contributed by atoms with Gasteiger partial charge in [0.05, 0.1) is 18.9 Å². The monoisotopic (exact) mass is 358 g/mol. The van der Waals surface area contributed by atoms with E-state index >= 15 is 0 Å². The molecule has 128 valence electrons. The highest BCUT2D eigenvalue weighted by atomic mass is 35.5. The minimum Gasteiger partial charge on any atom is -0.468 e. The first kappa shape index (κ1) is 19.8. The van der Waals surface area contributed by atoms with Crippen molar-refractivity contribution in [3.63, 3.8) is 0 Å². The van der Waals surface area contributed by atoms with Crippen molar-refractivity contribution in [2.45, 2.75) is 31.1 Å². The van der Waals surface area contributed by atoms with Gasteiger partial charge in [0.2, 0.25) is 5.91 Å². The zero-order chi connectivity index (χ0) is 15.8. The van der Waals surface area contributed by atoms with Crippen LogP contribution >= 0.6 is 24.2 Å². The number of anilines is 1.